The van der Waals surface area contributed by atoms with Gasteiger partial charge in [-0.2, -0.15) is 0 Å². The zero-order valence-corrected chi connectivity index (χ0v) is 21.2. The molecule has 7 heteroatoms. The predicted octanol–water partition coefficient (Wildman–Crippen LogP) is 3.04. The average molecular weight is 530 g/mol. The SMILES string of the molecule is CN=C(NCC1CCN(c2ccccc2)C1)NCC(CC(C)C)N1CCOCC1.I. The lowest BCUT2D eigenvalue weighted by molar-refractivity contribution is 0.0132. The summed E-state index contributed by atoms with van der Waals surface area (Å²) in [5.74, 6) is 2.26. The summed E-state index contributed by atoms with van der Waals surface area (Å²) >= 11 is 0. The van der Waals surface area contributed by atoms with Gasteiger partial charge in [-0.05, 0) is 36.8 Å². The Labute approximate surface area is 199 Å². The van der Waals surface area contributed by atoms with E-state index in [1.807, 2.05) is 7.05 Å². The first-order valence-electron chi connectivity index (χ1n) is 11.2. The highest BCUT2D eigenvalue weighted by Crippen LogP contribution is 2.22. The van der Waals surface area contributed by atoms with Crippen LogP contribution in [0.15, 0.2) is 35.3 Å². The third-order valence-corrected chi connectivity index (χ3v) is 6.00. The van der Waals surface area contributed by atoms with Crippen LogP contribution in [0.2, 0.25) is 0 Å². The van der Waals surface area contributed by atoms with Gasteiger partial charge in [0.25, 0.3) is 0 Å². The second kappa shape index (κ2) is 13.4. The molecule has 0 radical (unpaired) electrons. The Morgan fingerprint density at radius 2 is 1.87 bits per heavy atom. The Bertz CT molecular complexity index is 621. The van der Waals surface area contributed by atoms with E-state index in [4.69, 9.17) is 4.74 Å². The van der Waals surface area contributed by atoms with Gasteiger partial charge in [-0.15, -0.1) is 24.0 Å². The molecule has 0 bridgehead atoms. The van der Waals surface area contributed by atoms with Crippen LogP contribution in [0.25, 0.3) is 0 Å². The molecular weight excluding hydrogens is 489 g/mol. The van der Waals surface area contributed by atoms with Gasteiger partial charge in [-0.1, -0.05) is 32.0 Å². The van der Waals surface area contributed by atoms with Gasteiger partial charge in [0.05, 0.1) is 13.2 Å². The smallest absolute Gasteiger partial charge is 0.191 e. The third kappa shape index (κ3) is 7.89. The summed E-state index contributed by atoms with van der Waals surface area (Å²) in [7, 11) is 1.87. The van der Waals surface area contributed by atoms with Gasteiger partial charge in [0, 0.05) is 58.0 Å². The minimum Gasteiger partial charge on any atom is -0.379 e. The maximum absolute atomic E-state index is 5.54. The maximum atomic E-state index is 5.54. The molecule has 6 nitrogen and oxygen atoms in total. The molecule has 2 aliphatic rings. The quantitative estimate of drug-likeness (QED) is 0.308. The molecule has 2 saturated heterocycles. The van der Waals surface area contributed by atoms with E-state index in [2.05, 4.69) is 69.6 Å². The van der Waals surface area contributed by atoms with Crippen molar-refractivity contribution in [2.24, 2.45) is 16.8 Å². The number of morpholine rings is 1. The van der Waals surface area contributed by atoms with E-state index in [-0.39, 0.29) is 24.0 Å². The van der Waals surface area contributed by atoms with Gasteiger partial charge in [0.1, 0.15) is 0 Å². The molecule has 0 aliphatic carbocycles. The summed E-state index contributed by atoms with van der Waals surface area (Å²) in [6.07, 6.45) is 2.42. The average Bonchev–Trinajstić information content (AvgIpc) is 3.23. The zero-order chi connectivity index (χ0) is 20.5. The largest absolute Gasteiger partial charge is 0.379 e. The van der Waals surface area contributed by atoms with Crippen LogP contribution in [0.5, 0.6) is 0 Å². The number of benzene rings is 1. The highest BCUT2D eigenvalue weighted by Gasteiger charge is 2.24. The first-order chi connectivity index (χ1) is 14.2. The highest BCUT2D eigenvalue weighted by atomic mass is 127. The molecule has 2 atom stereocenters. The Morgan fingerprint density at radius 3 is 2.53 bits per heavy atom. The van der Waals surface area contributed by atoms with Crippen LogP contribution < -0.4 is 15.5 Å². The van der Waals surface area contributed by atoms with E-state index in [9.17, 15) is 0 Å². The number of para-hydroxylation sites is 1. The summed E-state index contributed by atoms with van der Waals surface area (Å²) in [5.41, 5.74) is 1.33. The molecule has 2 N–H and O–H groups in total. The number of hydrogen-bond acceptors (Lipinski definition) is 4. The minimum absolute atomic E-state index is 0. The number of nitrogens with one attached hydrogen (secondary N) is 2. The molecule has 2 fully saturated rings. The topological polar surface area (TPSA) is 52.1 Å². The Kier molecular flexibility index (Phi) is 11.2. The van der Waals surface area contributed by atoms with E-state index in [0.29, 0.717) is 17.9 Å². The number of nitrogens with zero attached hydrogens (tertiary/aromatic N) is 3. The van der Waals surface area contributed by atoms with Crippen LogP contribution in [0, 0.1) is 11.8 Å². The molecular formula is C23H40IN5O. The summed E-state index contributed by atoms with van der Waals surface area (Å²) < 4.78 is 5.54. The van der Waals surface area contributed by atoms with Crippen molar-refractivity contribution in [3.63, 3.8) is 0 Å². The molecule has 3 rings (SSSR count). The Hall–Kier alpha value is -1.06. The van der Waals surface area contributed by atoms with Gasteiger partial charge in [0.2, 0.25) is 0 Å². The van der Waals surface area contributed by atoms with E-state index in [1.165, 1.54) is 18.5 Å². The predicted molar refractivity (Wildman–Crippen MR) is 137 cm³/mol. The first kappa shape index (κ1) is 25.2. The van der Waals surface area contributed by atoms with E-state index in [1.54, 1.807) is 0 Å². The van der Waals surface area contributed by atoms with Crippen LogP contribution in [-0.4, -0.2) is 76.4 Å². The molecule has 2 heterocycles. The van der Waals surface area contributed by atoms with Crippen molar-refractivity contribution in [2.45, 2.75) is 32.7 Å². The second-order valence-electron chi connectivity index (χ2n) is 8.70. The van der Waals surface area contributed by atoms with Gasteiger partial charge in [-0.3, -0.25) is 9.89 Å². The van der Waals surface area contributed by atoms with Crippen molar-refractivity contribution < 1.29 is 4.74 Å². The monoisotopic (exact) mass is 529 g/mol. The Balaban J connectivity index is 0.00000320. The van der Waals surface area contributed by atoms with Crippen molar-refractivity contribution in [3.05, 3.63) is 30.3 Å². The van der Waals surface area contributed by atoms with Crippen molar-refractivity contribution >= 4 is 35.6 Å². The van der Waals surface area contributed by atoms with Crippen molar-refractivity contribution in [3.8, 4) is 0 Å². The molecule has 1 aromatic carbocycles. The molecule has 1 aromatic rings. The minimum atomic E-state index is 0. The van der Waals surface area contributed by atoms with E-state index in [0.717, 1.165) is 58.4 Å². The fourth-order valence-corrected chi connectivity index (χ4v) is 4.40. The fourth-order valence-electron chi connectivity index (χ4n) is 4.40. The number of hydrogen-bond donors (Lipinski definition) is 2. The summed E-state index contributed by atoms with van der Waals surface area (Å²) in [4.78, 5) is 9.51. The van der Waals surface area contributed by atoms with Crippen LogP contribution in [0.4, 0.5) is 5.69 Å². The molecule has 170 valence electrons. The lowest BCUT2D eigenvalue weighted by atomic mass is 10.0. The normalized spacial score (nSPS) is 21.4. The van der Waals surface area contributed by atoms with Gasteiger partial charge in [0.15, 0.2) is 5.96 Å². The second-order valence-corrected chi connectivity index (χ2v) is 8.70. The number of aliphatic imine (C=N–C) groups is 1. The third-order valence-electron chi connectivity index (χ3n) is 6.00. The van der Waals surface area contributed by atoms with E-state index < -0.39 is 0 Å². The molecule has 30 heavy (non-hydrogen) atoms. The molecule has 0 saturated carbocycles. The number of anilines is 1. The molecule has 0 amide bonds. The highest BCUT2D eigenvalue weighted by molar-refractivity contribution is 14.0. The zero-order valence-electron chi connectivity index (χ0n) is 18.8. The number of rotatable bonds is 8. The molecule has 2 unspecified atom stereocenters. The standard InChI is InChI=1S/C23H39N5O.HI/c1-19(2)15-22(27-11-13-29-14-12-27)17-26-23(24-3)25-16-20-9-10-28(18-20)21-7-5-4-6-8-21;/h4-8,19-20,22H,9-18H2,1-3H3,(H2,24,25,26);1H. The van der Waals surface area contributed by atoms with Crippen molar-refractivity contribution in [1.82, 2.24) is 15.5 Å². The van der Waals surface area contributed by atoms with Crippen LogP contribution >= 0.6 is 24.0 Å². The summed E-state index contributed by atoms with van der Waals surface area (Å²) in [6.45, 7) is 12.5. The first-order valence-corrected chi connectivity index (χ1v) is 11.2. The lowest BCUT2D eigenvalue weighted by Crippen LogP contribution is -2.51. The van der Waals surface area contributed by atoms with Gasteiger partial charge in [-0.25, -0.2) is 0 Å². The number of halogens is 1. The number of guanidine groups is 1. The number of ether oxygens (including phenoxy) is 1. The maximum Gasteiger partial charge on any atom is 0.191 e. The van der Waals surface area contributed by atoms with Crippen molar-refractivity contribution in [2.75, 3.05) is 64.4 Å². The fraction of sp³-hybridized carbons (Fsp3) is 0.696. The molecule has 0 spiro atoms. The summed E-state index contributed by atoms with van der Waals surface area (Å²) in [5, 5.41) is 7.15. The van der Waals surface area contributed by atoms with Crippen LogP contribution in [0.1, 0.15) is 26.7 Å². The lowest BCUT2D eigenvalue weighted by Gasteiger charge is -2.35. The van der Waals surface area contributed by atoms with Crippen LogP contribution in [-0.2, 0) is 4.74 Å². The molecule has 0 aromatic heterocycles. The summed E-state index contributed by atoms with van der Waals surface area (Å²) in [6, 6.07) is 11.3. The Morgan fingerprint density at radius 1 is 1.13 bits per heavy atom. The molecule has 2 aliphatic heterocycles. The van der Waals surface area contributed by atoms with Crippen LogP contribution in [0.3, 0.4) is 0 Å². The van der Waals surface area contributed by atoms with Crippen molar-refractivity contribution in [1.29, 1.82) is 0 Å². The van der Waals surface area contributed by atoms with E-state index >= 15 is 0 Å². The van der Waals surface area contributed by atoms with Gasteiger partial charge < -0.3 is 20.3 Å². The van der Waals surface area contributed by atoms with Gasteiger partial charge >= 0.3 is 0 Å².